The highest BCUT2D eigenvalue weighted by Gasteiger charge is 2.31. The summed E-state index contributed by atoms with van der Waals surface area (Å²) in [6.45, 7) is 1.85. The highest BCUT2D eigenvalue weighted by Crippen LogP contribution is 2.51. The van der Waals surface area contributed by atoms with E-state index >= 15 is 0 Å². The van der Waals surface area contributed by atoms with Crippen molar-refractivity contribution < 1.29 is 0 Å². The normalized spacial score (nSPS) is 11.8. The lowest BCUT2D eigenvalue weighted by Gasteiger charge is -2.28. The topological polar surface area (TPSA) is 24.3 Å². The molecule has 0 aliphatic carbocycles. The van der Waals surface area contributed by atoms with Crippen molar-refractivity contribution in [2.75, 3.05) is 32.1 Å². The maximum Gasteiger partial charge on any atom is 0.101 e. The van der Waals surface area contributed by atoms with Gasteiger partial charge in [0.1, 0.15) is 5.69 Å². The van der Waals surface area contributed by atoms with E-state index in [0.29, 0.717) is 0 Å². The summed E-state index contributed by atoms with van der Waals surface area (Å²) in [6, 6.07) is 38.5. The van der Waals surface area contributed by atoms with E-state index in [2.05, 4.69) is 138 Å². The van der Waals surface area contributed by atoms with Crippen molar-refractivity contribution in [1.82, 2.24) is 14.7 Å². The Morgan fingerprint density at radius 1 is 0.667 bits per heavy atom. The monoisotopic (exact) mass is 492 g/mol. The van der Waals surface area contributed by atoms with Crippen LogP contribution in [0.25, 0.3) is 39.3 Å². The maximum absolute atomic E-state index is 5.26. The van der Waals surface area contributed by atoms with Crippen LogP contribution >= 0.6 is 12.4 Å². The minimum absolute atomic E-state index is 0. The SMILES string of the molecule is CN(C)CCN1c2ccccc2-c2c(-c3ccccc3)nn(-c3ccccc3)c2-c2ccccc21.Cl. The lowest BCUT2D eigenvalue weighted by atomic mass is 9.95. The van der Waals surface area contributed by atoms with E-state index in [1.165, 1.54) is 28.1 Å². The Labute approximate surface area is 218 Å². The molecule has 1 aliphatic heterocycles. The van der Waals surface area contributed by atoms with Gasteiger partial charge < -0.3 is 9.80 Å². The fraction of sp³-hybridized carbons (Fsp3) is 0.129. The number of para-hydroxylation sites is 3. The second-order valence-electron chi connectivity index (χ2n) is 9.17. The number of aromatic nitrogens is 2. The molecule has 0 saturated heterocycles. The zero-order valence-corrected chi connectivity index (χ0v) is 21.3. The molecule has 180 valence electrons. The molecule has 0 unspecified atom stereocenters. The summed E-state index contributed by atoms with van der Waals surface area (Å²) >= 11 is 0. The Balaban J connectivity index is 0.00000267. The summed E-state index contributed by atoms with van der Waals surface area (Å²) < 4.78 is 2.13. The first kappa shape index (κ1) is 23.9. The van der Waals surface area contributed by atoms with Crippen molar-refractivity contribution in [3.05, 3.63) is 109 Å². The fourth-order valence-electron chi connectivity index (χ4n) is 4.98. The van der Waals surface area contributed by atoms with Crippen LogP contribution in [0.2, 0.25) is 0 Å². The zero-order chi connectivity index (χ0) is 23.8. The van der Waals surface area contributed by atoms with Crippen LogP contribution in [0.1, 0.15) is 0 Å². The quantitative estimate of drug-likeness (QED) is 0.257. The van der Waals surface area contributed by atoms with Crippen LogP contribution in [0.5, 0.6) is 0 Å². The van der Waals surface area contributed by atoms with E-state index in [4.69, 9.17) is 5.10 Å². The Morgan fingerprint density at radius 3 is 1.89 bits per heavy atom. The molecule has 6 rings (SSSR count). The highest BCUT2D eigenvalue weighted by molar-refractivity contribution is 6.03. The minimum Gasteiger partial charge on any atom is -0.339 e. The molecule has 0 amide bonds. The average Bonchev–Trinajstić information content (AvgIpc) is 3.25. The molecule has 0 saturated carbocycles. The summed E-state index contributed by atoms with van der Waals surface area (Å²) in [6.07, 6.45) is 0. The molecule has 2 heterocycles. The van der Waals surface area contributed by atoms with Crippen LogP contribution in [0.4, 0.5) is 11.4 Å². The van der Waals surface area contributed by atoms with Gasteiger partial charge in [0.2, 0.25) is 0 Å². The van der Waals surface area contributed by atoms with Crippen LogP contribution in [0.15, 0.2) is 109 Å². The maximum atomic E-state index is 5.26. The van der Waals surface area contributed by atoms with Gasteiger partial charge in [-0.05, 0) is 38.4 Å². The van der Waals surface area contributed by atoms with Gasteiger partial charge >= 0.3 is 0 Å². The summed E-state index contributed by atoms with van der Waals surface area (Å²) in [5, 5.41) is 5.26. The van der Waals surface area contributed by atoms with Gasteiger partial charge in [0, 0.05) is 41.0 Å². The molecular formula is C31H29ClN4. The number of likely N-dealkylation sites (N-methyl/N-ethyl adjacent to an activating group) is 1. The molecule has 1 aliphatic rings. The third kappa shape index (κ3) is 4.09. The summed E-state index contributed by atoms with van der Waals surface area (Å²) in [7, 11) is 4.26. The van der Waals surface area contributed by atoms with E-state index in [0.717, 1.165) is 35.7 Å². The Bertz CT molecular complexity index is 1370. The molecule has 36 heavy (non-hydrogen) atoms. The second kappa shape index (κ2) is 10.0. The zero-order valence-electron chi connectivity index (χ0n) is 20.5. The van der Waals surface area contributed by atoms with Crippen LogP contribution in [-0.4, -0.2) is 41.9 Å². The van der Waals surface area contributed by atoms with Gasteiger partial charge in [-0.3, -0.25) is 0 Å². The molecule has 5 aromatic rings. The molecule has 1 aromatic heterocycles. The van der Waals surface area contributed by atoms with Gasteiger partial charge in [0.15, 0.2) is 0 Å². The van der Waals surface area contributed by atoms with Crippen molar-refractivity contribution in [2.24, 2.45) is 0 Å². The van der Waals surface area contributed by atoms with Crippen LogP contribution < -0.4 is 4.90 Å². The van der Waals surface area contributed by atoms with Gasteiger partial charge in [0.05, 0.1) is 17.1 Å². The van der Waals surface area contributed by atoms with E-state index in [1.807, 2.05) is 0 Å². The van der Waals surface area contributed by atoms with Crippen molar-refractivity contribution in [3.63, 3.8) is 0 Å². The standard InChI is InChI=1S/C31H28N4.ClH/c1-33(2)21-22-34-27-19-11-9-17-25(27)29-30(23-13-5-3-6-14-23)32-35(24-15-7-4-8-16-24)31(29)26-18-10-12-20-28(26)34;/h3-20H,21-22H2,1-2H3;1H. The Morgan fingerprint density at radius 2 is 1.22 bits per heavy atom. The van der Waals surface area contributed by atoms with Crippen molar-refractivity contribution in [1.29, 1.82) is 0 Å². The molecule has 4 aromatic carbocycles. The third-order valence-corrected chi connectivity index (χ3v) is 6.62. The number of hydrogen-bond acceptors (Lipinski definition) is 3. The molecule has 0 bridgehead atoms. The predicted molar refractivity (Wildman–Crippen MR) is 153 cm³/mol. The molecule has 0 fully saturated rings. The number of anilines is 2. The first-order valence-corrected chi connectivity index (χ1v) is 12.1. The van der Waals surface area contributed by atoms with Gasteiger partial charge in [-0.15, -0.1) is 12.4 Å². The van der Waals surface area contributed by atoms with E-state index in [9.17, 15) is 0 Å². The first-order chi connectivity index (χ1) is 17.2. The average molecular weight is 493 g/mol. The number of benzene rings is 4. The Kier molecular flexibility index (Phi) is 6.64. The van der Waals surface area contributed by atoms with Crippen LogP contribution in [-0.2, 0) is 0 Å². The van der Waals surface area contributed by atoms with E-state index < -0.39 is 0 Å². The summed E-state index contributed by atoms with van der Waals surface area (Å²) in [4.78, 5) is 4.71. The first-order valence-electron chi connectivity index (χ1n) is 12.1. The molecule has 0 atom stereocenters. The molecule has 5 heteroatoms. The number of halogens is 1. The largest absolute Gasteiger partial charge is 0.339 e. The summed E-state index contributed by atoms with van der Waals surface area (Å²) in [5.41, 5.74) is 10.3. The number of nitrogens with zero attached hydrogens (tertiary/aromatic N) is 4. The predicted octanol–water partition coefficient (Wildman–Crippen LogP) is 7.31. The van der Waals surface area contributed by atoms with Crippen molar-refractivity contribution >= 4 is 23.8 Å². The van der Waals surface area contributed by atoms with Crippen molar-refractivity contribution in [3.8, 4) is 39.3 Å². The van der Waals surface area contributed by atoms with Gasteiger partial charge in [-0.25, -0.2) is 4.68 Å². The Hall–Kier alpha value is -3.86. The van der Waals surface area contributed by atoms with Crippen LogP contribution in [0, 0.1) is 0 Å². The lowest BCUT2D eigenvalue weighted by Crippen LogP contribution is -2.28. The molecule has 0 N–H and O–H groups in total. The lowest BCUT2D eigenvalue weighted by molar-refractivity contribution is 0.419. The van der Waals surface area contributed by atoms with E-state index in [-0.39, 0.29) is 12.4 Å². The number of fused-ring (bicyclic) bond motifs is 5. The number of rotatable bonds is 5. The second-order valence-corrected chi connectivity index (χ2v) is 9.17. The van der Waals surface area contributed by atoms with Gasteiger partial charge in [0.25, 0.3) is 0 Å². The molecule has 0 radical (unpaired) electrons. The fourth-order valence-corrected chi connectivity index (χ4v) is 4.98. The molecular weight excluding hydrogens is 464 g/mol. The minimum atomic E-state index is 0. The van der Waals surface area contributed by atoms with Crippen LogP contribution in [0.3, 0.4) is 0 Å². The molecule has 4 nitrogen and oxygen atoms in total. The summed E-state index contributed by atoms with van der Waals surface area (Å²) in [5.74, 6) is 0. The molecule has 0 spiro atoms. The van der Waals surface area contributed by atoms with Gasteiger partial charge in [-0.1, -0.05) is 84.9 Å². The van der Waals surface area contributed by atoms with Gasteiger partial charge in [-0.2, -0.15) is 5.10 Å². The number of hydrogen-bond donors (Lipinski definition) is 0. The van der Waals surface area contributed by atoms with Crippen molar-refractivity contribution in [2.45, 2.75) is 0 Å². The third-order valence-electron chi connectivity index (χ3n) is 6.62. The highest BCUT2D eigenvalue weighted by atomic mass is 35.5. The van der Waals surface area contributed by atoms with E-state index in [1.54, 1.807) is 0 Å². The smallest absolute Gasteiger partial charge is 0.101 e.